The molecule has 1 aliphatic rings. The predicted molar refractivity (Wildman–Crippen MR) is 170 cm³/mol. The number of benzene rings is 5. The summed E-state index contributed by atoms with van der Waals surface area (Å²) in [5.41, 5.74) is 5.41. The summed E-state index contributed by atoms with van der Waals surface area (Å²) in [5, 5.41) is 11.8. The molecule has 0 aromatic heterocycles. The highest BCUT2D eigenvalue weighted by Crippen LogP contribution is 2.49. The molecule has 0 aliphatic carbocycles. The molecular weight excluding hydrogens is 514 g/mol. The number of rotatable bonds is 9. The van der Waals surface area contributed by atoms with Crippen LogP contribution in [-0.2, 0) is 11.3 Å². The Balaban J connectivity index is 1.52. The molecule has 42 heavy (non-hydrogen) atoms. The fraction of sp³-hybridized carbons (Fsp3) is 0.154. The number of nitrogens with zero attached hydrogens (tertiary/aromatic N) is 1. The SMILES string of the molecule is O=C1[C@H]([C@H](O)/C=C/c2ccccc2)[C@@H](c2ccccc2)[C@H](C(c2ccccc2)c2ccccc2)N1Cc1ccccc1. The number of aliphatic hydroxyl groups excluding tert-OH is 1. The van der Waals surface area contributed by atoms with E-state index < -0.39 is 12.0 Å². The van der Waals surface area contributed by atoms with Gasteiger partial charge in [-0.1, -0.05) is 164 Å². The van der Waals surface area contributed by atoms with E-state index >= 15 is 0 Å². The van der Waals surface area contributed by atoms with E-state index in [0.29, 0.717) is 6.54 Å². The Morgan fingerprint density at radius 1 is 0.643 bits per heavy atom. The Morgan fingerprint density at radius 3 is 1.67 bits per heavy atom. The highest BCUT2D eigenvalue weighted by atomic mass is 16.3. The van der Waals surface area contributed by atoms with Crippen LogP contribution in [0.5, 0.6) is 0 Å². The van der Waals surface area contributed by atoms with Crippen LogP contribution in [0.1, 0.15) is 39.7 Å². The number of carbonyl (C=O) groups excluding carboxylic acids is 1. The highest BCUT2D eigenvalue weighted by molar-refractivity contribution is 5.85. The third kappa shape index (κ3) is 5.83. The summed E-state index contributed by atoms with van der Waals surface area (Å²) in [4.78, 5) is 16.7. The molecule has 0 saturated carbocycles. The van der Waals surface area contributed by atoms with Gasteiger partial charge in [-0.2, -0.15) is 0 Å². The van der Waals surface area contributed by atoms with Gasteiger partial charge in [0.2, 0.25) is 5.91 Å². The monoisotopic (exact) mass is 549 g/mol. The summed E-state index contributed by atoms with van der Waals surface area (Å²) in [6.07, 6.45) is 2.75. The van der Waals surface area contributed by atoms with Crippen molar-refractivity contribution in [1.29, 1.82) is 0 Å². The molecule has 3 heteroatoms. The van der Waals surface area contributed by atoms with Crippen LogP contribution in [0.15, 0.2) is 158 Å². The molecule has 4 atom stereocenters. The predicted octanol–water partition coefficient (Wildman–Crippen LogP) is 7.70. The van der Waals surface area contributed by atoms with Crippen molar-refractivity contribution in [2.45, 2.75) is 30.5 Å². The molecule has 6 rings (SSSR count). The van der Waals surface area contributed by atoms with Crippen molar-refractivity contribution in [3.63, 3.8) is 0 Å². The standard InChI is InChI=1S/C39H35NO2/c41-34(27-26-29-16-6-1-7-17-29)37-36(33-24-14-5-15-25-33)38(40(39(37)42)28-30-18-8-2-9-19-30)35(31-20-10-3-11-21-31)32-22-12-4-13-23-32/h1-27,34-38,41H,28H2/b27-26+/t34-,36-,37-,38+/m1/s1. The molecule has 1 amide bonds. The first-order valence-corrected chi connectivity index (χ1v) is 14.6. The van der Waals surface area contributed by atoms with Gasteiger partial charge in [0.15, 0.2) is 0 Å². The van der Waals surface area contributed by atoms with Gasteiger partial charge in [0.25, 0.3) is 0 Å². The molecule has 0 unspecified atom stereocenters. The average molecular weight is 550 g/mol. The smallest absolute Gasteiger partial charge is 0.229 e. The first kappa shape index (κ1) is 27.4. The molecule has 5 aromatic carbocycles. The molecule has 5 aromatic rings. The van der Waals surface area contributed by atoms with Gasteiger partial charge in [-0.05, 0) is 27.8 Å². The van der Waals surface area contributed by atoms with E-state index in [0.717, 1.165) is 27.8 Å². The zero-order valence-corrected chi connectivity index (χ0v) is 23.5. The van der Waals surface area contributed by atoms with Gasteiger partial charge in [-0.15, -0.1) is 0 Å². The van der Waals surface area contributed by atoms with Crippen LogP contribution >= 0.6 is 0 Å². The quantitative estimate of drug-likeness (QED) is 0.205. The van der Waals surface area contributed by atoms with E-state index in [2.05, 4.69) is 72.8 Å². The Hall–Kier alpha value is -4.73. The van der Waals surface area contributed by atoms with Gasteiger partial charge in [-0.3, -0.25) is 4.79 Å². The van der Waals surface area contributed by atoms with E-state index in [1.807, 2.05) is 89.8 Å². The zero-order chi connectivity index (χ0) is 28.7. The lowest BCUT2D eigenvalue weighted by Gasteiger charge is -2.36. The van der Waals surface area contributed by atoms with Crippen molar-refractivity contribution >= 4 is 12.0 Å². The van der Waals surface area contributed by atoms with E-state index in [-0.39, 0.29) is 23.8 Å². The molecule has 1 heterocycles. The maximum absolute atomic E-state index is 14.7. The Bertz CT molecular complexity index is 1550. The normalized spacial score (nSPS) is 19.4. The van der Waals surface area contributed by atoms with Crippen molar-refractivity contribution in [2.24, 2.45) is 5.92 Å². The maximum Gasteiger partial charge on any atom is 0.229 e. The molecular formula is C39H35NO2. The first-order valence-electron chi connectivity index (χ1n) is 14.6. The highest BCUT2D eigenvalue weighted by Gasteiger charge is 2.53. The lowest BCUT2D eigenvalue weighted by molar-refractivity contribution is -0.134. The largest absolute Gasteiger partial charge is 0.388 e. The maximum atomic E-state index is 14.7. The minimum absolute atomic E-state index is 0.0280. The van der Waals surface area contributed by atoms with E-state index in [4.69, 9.17) is 0 Å². The molecule has 3 nitrogen and oxygen atoms in total. The molecule has 0 radical (unpaired) electrons. The number of hydrogen-bond acceptors (Lipinski definition) is 2. The van der Waals surface area contributed by atoms with Crippen molar-refractivity contribution in [1.82, 2.24) is 4.90 Å². The molecule has 208 valence electrons. The van der Waals surface area contributed by atoms with Crippen molar-refractivity contribution < 1.29 is 9.90 Å². The van der Waals surface area contributed by atoms with Gasteiger partial charge in [0.1, 0.15) is 0 Å². The third-order valence-electron chi connectivity index (χ3n) is 8.38. The second-order valence-electron chi connectivity index (χ2n) is 11.0. The molecule has 0 bridgehead atoms. The van der Waals surface area contributed by atoms with Crippen LogP contribution in [0.3, 0.4) is 0 Å². The van der Waals surface area contributed by atoms with Crippen LogP contribution in [0.2, 0.25) is 0 Å². The molecule has 1 aliphatic heterocycles. The molecule has 1 fully saturated rings. The van der Waals surface area contributed by atoms with Gasteiger partial charge in [0.05, 0.1) is 18.1 Å². The summed E-state index contributed by atoms with van der Waals surface area (Å²) < 4.78 is 0. The second kappa shape index (κ2) is 12.8. The fourth-order valence-corrected chi connectivity index (χ4v) is 6.49. The van der Waals surface area contributed by atoms with Crippen LogP contribution in [-0.4, -0.2) is 28.1 Å². The van der Waals surface area contributed by atoms with Gasteiger partial charge in [-0.25, -0.2) is 0 Å². The van der Waals surface area contributed by atoms with Crippen molar-refractivity contribution in [2.75, 3.05) is 0 Å². The number of hydrogen-bond donors (Lipinski definition) is 1. The van der Waals surface area contributed by atoms with Crippen molar-refractivity contribution in [3.05, 3.63) is 186 Å². The fourth-order valence-electron chi connectivity index (χ4n) is 6.49. The molecule has 1 saturated heterocycles. The second-order valence-corrected chi connectivity index (χ2v) is 11.0. The lowest BCUT2D eigenvalue weighted by atomic mass is 9.73. The summed E-state index contributed by atoms with van der Waals surface area (Å²) >= 11 is 0. The molecule has 1 N–H and O–H groups in total. The Kier molecular flexibility index (Phi) is 8.39. The number of likely N-dealkylation sites (tertiary alicyclic amines) is 1. The summed E-state index contributed by atoms with van der Waals surface area (Å²) in [6, 6.07) is 51.1. The number of carbonyl (C=O) groups is 1. The minimum Gasteiger partial charge on any atom is -0.388 e. The Labute approximate surface area is 248 Å². The third-order valence-corrected chi connectivity index (χ3v) is 8.38. The van der Waals surface area contributed by atoms with Crippen LogP contribution in [0.25, 0.3) is 6.08 Å². The summed E-state index contributed by atoms with van der Waals surface area (Å²) in [6.45, 7) is 0.468. The van der Waals surface area contributed by atoms with E-state index in [1.165, 1.54) is 0 Å². The summed E-state index contributed by atoms with van der Waals surface area (Å²) in [5.74, 6) is -1.01. The van der Waals surface area contributed by atoms with Crippen LogP contribution < -0.4 is 0 Å². The topological polar surface area (TPSA) is 40.5 Å². The Morgan fingerprint density at radius 2 is 1.12 bits per heavy atom. The summed E-state index contributed by atoms with van der Waals surface area (Å²) in [7, 11) is 0. The number of aliphatic hydroxyl groups is 1. The van der Waals surface area contributed by atoms with E-state index in [9.17, 15) is 9.90 Å². The van der Waals surface area contributed by atoms with Gasteiger partial charge < -0.3 is 10.0 Å². The minimum atomic E-state index is -0.960. The van der Waals surface area contributed by atoms with E-state index in [1.54, 1.807) is 6.08 Å². The van der Waals surface area contributed by atoms with Crippen LogP contribution in [0.4, 0.5) is 0 Å². The van der Waals surface area contributed by atoms with Gasteiger partial charge in [0, 0.05) is 18.4 Å². The van der Waals surface area contributed by atoms with Gasteiger partial charge >= 0.3 is 0 Å². The molecule has 0 spiro atoms. The number of amides is 1. The zero-order valence-electron chi connectivity index (χ0n) is 23.5. The van der Waals surface area contributed by atoms with Crippen molar-refractivity contribution in [3.8, 4) is 0 Å². The lowest BCUT2D eigenvalue weighted by Crippen LogP contribution is -2.39. The first-order chi connectivity index (χ1) is 20.7. The average Bonchev–Trinajstić information content (AvgIpc) is 3.33. The van der Waals surface area contributed by atoms with Crippen LogP contribution in [0, 0.1) is 5.92 Å².